The van der Waals surface area contributed by atoms with Gasteiger partial charge in [-0.25, -0.2) is 4.79 Å². The van der Waals surface area contributed by atoms with Crippen LogP contribution in [0.5, 0.6) is 0 Å². The van der Waals surface area contributed by atoms with Crippen molar-refractivity contribution in [1.29, 1.82) is 0 Å². The Balaban J connectivity index is 1.94. The van der Waals surface area contributed by atoms with Gasteiger partial charge in [-0.2, -0.15) is 0 Å². The summed E-state index contributed by atoms with van der Waals surface area (Å²) in [4.78, 5) is 13.6. The molecule has 2 aromatic rings. The van der Waals surface area contributed by atoms with E-state index < -0.39 is 12.1 Å². The number of aliphatic hydroxyl groups excluding tert-OH is 1. The molecular formula is C24H33NO3S. The normalized spacial score (nSPS) is 17.3. The van der Waals surface area contributed by atoms with Crippen LogP contribution in [0.25, 0.3) is 0 Å². The molecule has 0 spiro atoms. The Morgan fingerprint density at radius 3 is 2.38 bits per heavy atom. The molecule has 1 aliphatic rings. The van der Waals surface area contributed by atoms with Crippen molar-refractivity contribution in [2.24, 2.45) is 11.8 Å². The second-order valence-electron chi connectivity index (χ2n) is 8.47. The first-order valence-electron chi connectivity index (χ1n) is 10.8. The summed E-state index contributed by atoms with van der Waals surface area (Å²) in [6, 6.07) is 9.44. The number of thiophene rings is 1. The molecule has 1 heterocycles. The van der Waals surface area contributed by atoms with Crippen LogP contribution >= 0.6 is 11.3 Å². The Bertz CT molecular complexity index is 806. The van der Waals surface area contributed by atoms with Crippen LogP contribution in [0.4, 0.5) is 5.69 Å². The van der Waals surface area contributed by atoms with Gasteiger partial charge in [0.15, 0.2) is 0 Å². The fourth-order valence-corrected chi connectivity index (χ4v) is 5.60. The van der Waals surface area contributed by atoms with Crippen molar-refractivity contribution in [3.63, 3.8) is 0 Å². The topological polar surface area (TPSA) is 69.6 Å². The molecule has 3 rings (SSSR count). The second-order valence-corrected chi connectivity index (χ2v) is 9.64. The number of benzene rings is 1. The van der Waals surface area contributed by atoms with Crippen LogP contribution in [0.3, 0.4) is 0 Å². The average Bonchev–Trinajstić information content (AvgIpc) is 3.16. The summed E-state index contributed by atoms with van der Waals surface area (Å²) in [5.74, 6) is -0.165. The van der Waals surface area contributed by atoms with Crippen LogP contribution < -0.4 is 5.32 Å². The Labute approximate surface area is 178 Å². The molecule has 1 aromatic carbocycles. The third-order valence-electron chi connectivity index (χ3n) is 6.02. The minimum atomic E-state index is -0.904. The summed E-state index contributed by atoms with van der Waals surface area (Å²) in [5.41, 5.74) is 2.56. The molecule has 0 radical (unpaired) electrons. The first kappa shape index (κ1) is 21.8. The first-order valence-corrected chi connectivity index (χ1v) is 11.6. The maximum absolute atomic E-state index is 11.2. The number of aryl methyl sites for hydroxylation is 1. The van der Waals surface area contributed by atoms with E-state index in [9.17, 15) is 9.90 Å². The Kier molecular flexibility index (Phi) is 7.36. The number of rotatable bonds is 8. The maximum Gasteiger partial charge on any atom is 0.335 e. The van der Waals surface area contributed by atoms with Gasteiger partial charge in [0.2, 0.25) is 0 Å². The summed E-state index contributed by atoms with van der Waals surface area (Å²) in [6.45, 7) is 6.29. The molecule has 5 heteroatoms. The van der Waals surface area contributed by atoms with Crippen molar-refractivity contribution < 1.29 is 15.0 Å². The van der Waals surface area contributed by atoms with Crippen LogP contribution in [0.15, 0.2) is 30.3 Å². The smallest absolute Gasteiger partial charge is 0.335 e. The lowest BCUT2D eigenvalue weighted by atomic mass is 9.80. The van der Waals surface area contributed by atoms with Crippen molar-refractivity contribution in [2.75, 3.05) is 5.32 Å². The lowest BCUT2D eigenvalue weighted by Gasteiger charge is -2.32. The number of aromatic carboxylic acids is 1. The van der Waals surface area contributed by atoms with E-state index >= 15 is 0 Å². The molecule has 29 heavy (non-hydrogen) atoms. The van der Waals surface area contributed by atoms with Gasteiger partial charge in [0.25, 0.3) is 0 Å². The molecular weight excluding hydrogens is 382 g/mol. The summed E-state index contributed by atoms with van der Waals surface area (Å²) in [5, 5.41) is 23.5. The maximum atomic E-state index is 11.2. The van der Waals surface area contributed by atoms with Crippen molar-refractivity contribution >= 4 is 23.0 Å². The van der Waals surface area contributed by atoms with E-state index in [1.54, 1.807) is 23.5 Å². The molecule has 158 valence electrons. The predicted molar refractivity (Wildman–Crippen MR) is 120 cm³/mol. The molecule has 0 aliphatic heterocycles. The molecule has 1 fully saturated rings. The molecule has 3 N–H and O–H groups in total. The summed E-state index contributed by atoms with van der Waals surface area (Å²) >= 11 is 1.74. The highest BCUT2D eigenvalue weighted by Crippen LogP contribution is 2.42. The van der Waals surface area contributed by atoms with Crippen molar-refractivity contribution in [3.8, 4) is 0 Å². The quantitative estimate of drug-likeness (QED) is 0.464. The van der Waals surface area contributed by atoms with Crippen LogP contribution in [-0.4, -0.2) is 16.2 Å². The number of nitrogens with one attached hydrogen (secondary N) is 1. The van der Waals surface area contributed by atoms with Gasteiger partial charge in [-0.15, -0.1) is 11.3 Å². The van der Waals surface area contributed by atoms with E-state index in [2.05, 4.69) is 32.2 Å². The monoisotopic (exact) mass is 415 g/mol. The number of hydrogen-bond acceptors (Lipinski definition) is 4. The van der Waals surface area contributed by atoms with Gasteiger partial charge in [0.1, 0.15) is 0 Å². The highest BCUT2D eigenvalue weighted by atomic mass is 32.1. The summed E-state index contributed by atoms with van der Waals surface area (Å²) in [6.07, 6.45) is 6.74. The zero-order chi connectivity index (χ0) is 21.0. The number of hydrogen-bond donors (Lipinski definition) is 3. The molecule has 0 saturated heterocycles. The third-order valence-corrected chi connectivity index (χ3v) is 7.38. The largest absolute Gasteiger partial charge is 0.478 e. The number of aliphatic hydroxyl groups is 1. The average molecular weight is 416 g/mol. The Morgan fingerprint density at radius 1 is 1.17 bits per heavy atom. The van der Waals surface area contributed by atoms with Crippen molar-refractivity contribution in [1.82, 2.24) is 0 Å². The third kappa shape index (κ3) is 5.20. The number of carboxylic acids is 1. The van der Waals surface area contributed by atoms with Gasteiger partial charge in [-0.3, -0.25) is 0 Å². The highest BCUT2D eigenvalue weighted by molar-refractivity contribution is 7.12. The van der Waals surface area contributed by atoms with Crippen molar-refractivity contribution in [3.05, 3.63) is 51.2 Å². The van der Waals surface area contributed by atoms with E-state index in [4.69, 9.17) is 5.11 Å². The molecule has 1 aliphatic carbocycles. The summed E-state index contributed by atoms with van der Waals surface area (Å²) in [7, 11) is 0. The first-order chi connectivity index (χ1) is 13.9. The van der Waals surface area contributed by atoms with Gasteiger partial charge < -0.3 is 15.5 Å². The van der Waals surface area contributed by atoms with Crippen LogP contribution in [0, 0.1) is 11.8 Å². The van der Waals surface area contributed by atoms with E-state index in [1.807, 2.05) is 12.1 Å². The van der Waals surface area contributed by atoms with Gasteiger partial charge >= 0.3 is 5.97 Å². The van der Waals surface area contributed by atoms with Gasteiger partial charge in [0, 0.05) is 15.4 Å². The van der Waals surface area contributed by atoms with E-state index in [0.717, 1.165) is 17.0 Å². The standard InChI is InChI=1S/C24H33NO3S/c1-4-20-19(14-21(29-20)23(26)15(2)3)22(16-8-6-5-7-9-16)25-18-12-10-17(11-13-18)24(27)28/h10-16,22-23,25-26H,4-9H2,1-3H3,(H,27,28). The fraction of sp³-hybridized carbons (Fsp3) is 0.542. The molecule has 0 bridgehead atoms. The van der Waals surface area contributed by atoms with Gasteiger partial charge in [-0.05, 0) is 67.0 Å². The number of carbonyl (C=O) groups is 1. The Morgan fingerprint density at radius 2 is 1.83 bits per heavy atom. The lowest BCUT2D eigenvalue weighted by Crippen LogP contribution is -2.23. The second kappa shape index (κ2) is 9.77. The van der Waals surface area contributed by atoms with Gasteiger partial charge in [-0.1, -0.05) is 40.0 Å². The molecule has 1 saturated carbocycles. The zero-order valence-electron chi connectivity index (χ0n) is 17.6. The van der Waals surface area contributed by atoms with E-state index in [-0.39, 0.29) is 12.0 Å². The van der Waals surface area contributed by atoms with Crippen LogP contribution in [0.1, 0.15) is 90.7 Å². The van der Waals surface area contributed by atoms with Crippen molar-refractivity contribution in [2.45, 2.75) is 71.4 Å². The SMILES string of the molecule is CCc1sc(C(O)C(C)C)cc1C(Nc1ccc(C(=O)O)cc1)C1CCCCC1. The minimum absolute atomic E-state index is 0.185. The number of carboxylic acid groups (broad SMARTS) is 1. The Hall–Kier alpha value is -1.85. The zero-order valence-corrected chi connectivity index (χ0v) is 18.5. The molecule has 0 amide bonds. The lowest BCUT2D eigenvalue weighted by molar-refractivity contribution is 0.0697. The molecule has 2 unspecified atom stereocenters. The minimum Gasteiger partial charge on any atom is -0.478 e. The summed E-state index contributed by atoms with van der Waals surface area (Å²) < 4.78 is 0. The van der Waals surface area contributed by atoms with E-state index in [1.165, 1.54) is 42.5 Å². The van der Waals surface area contributed by atoms with Crippen LogP contribution in [-0.2, 0) is 6.42 Å². The fourth-order valence-electron chi connectivity index (χ4n) is 4.28. The number of anilines is 1. The highest BCUT2D eigenvalue weighted by Gasteiger charge is 2.29. The van der Waals surface area contributed by atoms with E-state index in [0.29, 0.717) is 11.5 Å². The van der Waals surface area contributed by atoms with Crippen LogP contribution in [0.2, 0.25) is 0 Å². The van der Waals surface area contributed by atoms with Gasteiger partial charge in [0.05, 0.1) is 17.7 Å². The molecule has 2 atom stereocenters. The molecule has 1 aromatic heterocycles. The predicted octanol–water partition coefficient (Wildman–Crippen LogP) is 6.43. The molecule has 4 nitrogen and oxygen atoms in total.